The lowest BCUT2D eigenvalue weighted by Gasteiger charge is -2.32. The molecule has 0 bridgehead atoms. The third kappa shape index (κ3) is 4.03. The lowest BCUT2D eigenvalue weighted by molar-refractivity contribution is -0.0253. The molecule has 1 atom stereocenters. The molecule has 1 aromatic carbocycles. The predicted octanol–water partition coefficient (Wildman–Crippen LogP) is 1.20. The third-order valence-corrected chi connectivity index (χ3v) is 3.61. The Balaban J connectivity index is 1.82. The number of hydrogen-bond donors (Lipinski definition) is 2. The van der Waals surface area contributed by atoms with Crippen molar-refractivity contribution in [3.63, 3.8) is 0 Å². The van der Waals surface area contributed by atoms with Crippen LogP contribution in [0.15, 0.2) is 24.3 Å². The molecule has 0 radical (unpaired) electrons. The SMILES string of the molecule is CCN1CCOC(CNCc2ccccc2C(=O)O)C1. The van der Waals surface area contributed by atoms with Crippen LogP contribution >= 0.6 is 0 Å². The highest BCUT2D eigenvalue weighted by Crippen LogP contribution is 2.09. The lowest BCUT2D eigenvalue weighted by atomic mass is 10.1. The molecular formula is C15H22N2O3. The van der Waals surface area contributed by atoms with Crippen molar-refractivity contribution in [3.8, 4) is 0 Å². The molecule has 1 aliphatic rings. The van der Waals surface area contributed by atoms with E-state index in [0.29, 0.717) is 12.1 Å². The molecular weight excluding hydrogens is 256 g/mol. The Kier molecular flexibility index (Phi) is 5.52. The number of ether oxygens (including phenoxy) is 1. The Bertz CT molecular complexity index is 450. The molecule has 1 heterocycles. The molecule has 1 aliphatic heterocycles. The van der Waals surface area contributed by atoms with E-state index in [2.05, 4.69) is 17.1 Å². The summed E-state index contributed by atoms with van der Waals surface area (Å²) in [5.74, 6) is -0.881. The maximum atomic E-state index is 11.1. The first-order chi connectivity index (χ1) is 9.70. The number of hydrogen-bond acceptors (Lipinski definition) is 4. The zero-order chi connectivity index (χ0) is 14.4. The van der Waals surface area contributed by atoms with Crippen molar-refractivity contribution in [1.29, 1.82) is 0 Å². The van der Waals surface area contributed by atoms with Crippen LogP contribution in [0.2, 0.25) is 0 Å². The monoisotopic (exact) mass is 278 g/mol. The number of aromatic carboxylic acids is 1. The standard InChI is InChI=1S/C15H22N2O3/c1-2-17-7-8-20-13(11-17)10-16-9-12-5-3-4-6-14(12)15(18)19/h3-6,13,16H,2,7-11H2,1H3,(H,18,19). The number of morpholine rings is 1. The van der Waals surface area contributed by atoms with Crippen LogP contribution in [-0.2, 0) is 11.3 Å². The molecule has 0 aromatic heterocycles. The zero-order valence-electron chi connectivity index (χ0n) is 11.8. The number of carbonyl (C=O) groups is 1. The van der Waals surface area contributed by atoms with Crippen LogP contribution in [-0.4, -0.2) is 54.9 Å². The normalized spacial score (nSPS) is 19.9. The molecule has 0 aliphatic carbocycles. The van der Waals surface area contributed by atoms with Gasteiger partial charge in [0.2, 0.25) is 0 Å². The first-order valence-electron chi connectivity index (χ1n) is 7.06. The zero-order valence-corrected chi connectivity index (χ0v) is 11.8. The topological polar surface area (TPSA) is 61.8 Å². The number of carboxylic acid groups (broad SMARTS) is 1. The van der Waals surface area contributed by atoms with Crippen LogP contribution in [0.25, 0.3) is 0 Å². The van der Waals surface area contributed by atoms with Gasteiger partial charge in [0.15, 0.2) is 0 Å². The van der Waals surface area contributed by atoms with Crippen molar-refractivity contribution in [2.45, 2.75) is 19.6 Å². The minimum atomic E-state index is -0.881. The van der Waals surface area contributed by atoms with E-state index in [4.69, 9.17) is 9.84 Å². The van der Waals surface area contributed by atoms with E-state index in [9.17, 15) is 4.79 Å². The highest BCUT2D eigenvalue weighted by atomic mass is 16.5. The lowest BCUT2D eigenvalue weighted by Crippen LogP contribution is -2.46. The second-order valence-electron chi connectivity index (χ2n) is 4.98. The van der Waals surface area contributed by atoms with E-state index in [1.807, 2.05) is 12.1 Å². The van der Waals surface area contributed by atoms with E-state index in [1.165, 1.54) is 0 Å². The molecule has 1 unspecified atom stereocenters. The van der Waals surface area contributed by atoms with Gasteiger partial charge < -0.3 is 15.2 Å². The van der Waals surface area contributed by atoms with Crippen LogP contribution in [0.4, 0.5) is 0 Å². The van der Waals surface area contributed by atoms with Gasteiger partial charge in [-0.15, -0.1) is 0 Å². The fourth-order valence-corrected chi connectivity index (χ4v) is 2.44. The molecule has 5 nitrogen and oxygen atoms in total. The minimum Gasteiger partial charge on any atom is -0.478 e. The number of nitrogens with one attached hydrogen (secondary N) is 1. The number of rotatable bonds is 6. The summed E-state index contributed by atoms with van der Waals surface area (Å²) in [5.41, 5.74) is 1.17. The Labute approximate surface area is 119 Å². The van der Waals surface area contributed by atoms with Crippen molar-refractivity contribution in [2.75, 3.05) is 32.8 Å². The summed E-state index contributed by atoms with van der Waals surface area (Å²) in [7, 11) is 0. The van der Waals surface area contributed by atoms with Crippen LogP contribution < -0.4 is 5.32 Å². The average Bonchev–Trinajstić information content (AvgIpc) is 2.48. The maximum absolute atomic E-state index is 11.1. The quantitative estimate of drug-likeness (QED) is 0.818. The van der Waals surface area contributed by atoms with Crippen LogP contribution in [0.3, 0.4) is 0 Å². The molecule has 0 spiro atoms. The van der Waals surface area contributed by atoms with E-state index in [-0.39, 0.29) is 6.10 Å². The van der Waals surface area contributed by atoms with Crippen molar-refractivity contribution >= 4 is 5.97 Å². The average molecular weight is 278 g/mol. The van der Waals surface area contributed by atoms with Gasteiger partial charge in [-0.25, -0.2) is 4.79 Å². The highest BCUT2D eigenvalue weighted by molar-refractivity contribution is 5.89. The molecule has 1 saturated heterocycles. The number of likely N-dealkylation sites (N-methyl/N-ethyl adjacent to an activating group) is 1. The smallest absolute Gasteiger partial charge is 0.336 e. The minimum absolute atomic E-state index is 0.181. The summed E-state index contributed by atoms with van der Waals surface area (Å²) in [6, 6.07) is 7.08. The number of nitrogens with zero attached hydrogens (tertiary/aromatic N) is 1. The van der Waals surface area contributed by atoms with E-state index < -0.39 is 5.97 Å². The number of carboxylic acids is 1. The van der Waals surface area contributed by atoms with Crippen molar-refractivity contribution < 1.29 is 14.6 Å². The Morgan fingerprint density at radius 3 is 3.05 bits per heavy atom. The van der Waals surface area contributed by atoms with Gasteiger partial charge >= 0.3 is 5.97 Å². The van der Waals surface area contributed by atoms with Gasteiger partial charge in [-0.3, -0.25) is 4.90 Å². The van der Waals surface area contributed by atoms with Gasteiger partial charge in [-0.2, -0.15) is 0 Å². The summed E-state index contributed by atoms with van der Waals surface area (Å²) in [6.45, 7) is 7.18. The van der Waals surface area contributed by atoms with Gasteiger partial charge in [-0.1, -0.05) is 25.1 Å². The fourth-order valence-electron chi connectivity index (χ4n) is 2.44. The van der Waals surface area contributed by atoms with E-state index in [0.717, 1.165) is 38.3 Å². The molecule has 20 heavy (non-hydrogen) atoms. The van der Waals surface area contributed by atoms with E-state index >= 15 is 0 Å². The molecule has 0 saturated carbocycles. The second kappa shape index (κ2) is 7.38. The molecule has 1 fully saturated rings. The van der Waals surface area contributed by atoms with Crippen LogP contribution in [0, 0.1) is 0 Å². The van der Waals surface area contributed by atoms with Crippen molar-refractivity contribution in [1.82, 2.24) is 10.2 Å². The van der Waals surface area contributed by atoms with Crippen LogP contribution in [0.5, 0.6) is 0 Å². The van der Waals surface area contributed by atoms with Gasteiger partial charge in [0.1, 0.15) is 0 Å². The van der Waals surface area contributed by atoms with Crippen LogP contribution in [0.1, 0.15) is 22.8 Å². The molecule has 110 valence electrons. The first-order valence-corrected chi connectivity index (χ1v) is 7.06. The Morgan fingerprint density at radius 1 is 1.50 bits per heavy atom. The summed E-state index contributed by atoms with van der Waals surface area (Å²) >= 11 is 0. The Hall–Kier alpha value is -1.43. The highest BCUT2D eigenvalue weighted by Gasteiger charge is 2.18. The first kappa shape index (κ1) is 15.0. The fraction of sp³-hybridized carbons (Fsp3) is 0.533. The largest absolute Gasteiger partial charge is 0.478 e. The summed E-state index contributed by atoms with van der Waals surface area (Å²) in [4.78, 5) is 13.5. The maximum Gasteiger partial charge on any atom is 0.336 e. The molecule has 1 aromatic rings. The number of benzene rings is 1. The summed E-state index contributed by atoms with van der Waals surface area (Å²) in [6.07, 6.45) is 0.181. The van der Waals surface area contributed by atoms with Gasteiger partial charge in [0.05, 0.1) is 18.3 Å². The van der Waals surface area contributed by atoms with Gasteiger partial charge in [0.25, 0.3) is 0 Å². The molecule has 2 rings (SSSR count). The summed E-state index contributed by atoms with van der Waals surface area (Å²) in [5, 5.41) is 12.4. The second-order valence-corrected chi connectivity index (χ2v) is 4.98. The van der Waals surface area contributed by atoms with E-state index in [1.54, 1.807) is 12.1 Å². The Morgan fingerprint density at radius 2 is 2.30 bits per heavy atom. The molecule has 5 heteroatoms. The molecule has 0 amide bonds. The van der Waals surface area contributed by atoms with Crippen molar-refractivity contribution in [2.24, 2.45) is 0 Å². The molecule has 2 N–H and O–H groups in total. The summed E-state index contributed by atoms with van der Waals surface area (Å²) < 4.78 is 5.71. The third-order valence-electron chi connectivity index (χ3n) is 3.61. The van der Waals surface area contributed by atoms with Gasteiger partial charge in [-0.05, 0) is 18.2 Å². The van der Waals surface area contributed by atoms with Crippen molar-refractivity contribution in [3.05, 3.63) is 35.4 Å². The van der Waals surface area contributed by atoms with Gasteiger partial charge in [0, 0.05) is 26.2 Å². The predicted molar refractivity (Wildman–Crippen MR) is 77.0 cm³/mol.